The molecule has 0 aliphatic carbocycles. The number of carbonyl (C=O) groups is 1. The second-order valence-corrected chi connectivity index (χ2v) is 9.33. The van der Waals surface area contributed by atoms with Gasteiger partial charge in [0.05, 0.1) is 23.8 Å². The molecule has 1 saturated heterocycles. The first kappa shape index (κ1) is 22.0. The van der Waals surface area contributed by atoms with Crippen molar-refractivity contribution in [2.24, 2.45) is 0 Å². The third kappa shape index (κ3) is 4.37. The van der Waals surface area contributed by atoms with Crippen LogP contribution in [0.3, 0.4) is 0 Å². The van der Waals surface area contributed by atoms with Crippen LogP contribution in [0.25, 0.3) is 11.0 Å². The van der Waals surface area contributed by atoms with Crippen LogP contribution in [0.2, 0.25) is 0 Å². The van der Waals surface area contributed by atoms with E-state index < -0.39 is 21.5 Å². The Balaban J connectivity index is 1.62. The Bertz CT molecular complexity index is 1310. The number of hydrogen-bond donors (Lipinski definition) is 1. The van der Waals surface area contributed by atoms with Gasteiger partial charge in [0.25, 0.3) is 5.56 Å². The van der Waals surface area contributed by atoms with Gasteiger partial charge in [-0.15, -0.1) is 0 Å². The lowest BCUT2D eigenvalue weighted by Gasteiger charge is -2.19. The van der Waals surface area contributed by atoms with Gasteiger partial charge in [-0.25, -0.2) is 13.4 Å². The molecular weight excluding hydrogens is 432 g/mol. The van der Waals surface area contributed by atoms with Gasteiger partial charge in [-0.2, -0.15) is 4.31 Å². The van der Waals surface area contributed by atoms with Crippen molar-refractivity contribution in [2.75, 3.05) is 25.0 Å². The fourth-order valence-corrected chi connectivity index (χ4v) is 5.43. The van der Waals surface area contributed by atoms with Crippen LogP contribution in [0.1, 0.15) is 19.8 Å². The van der Waals surface area contributed by atoms with E-state index in [1.165, 1.54) is 27.2 Å². The summed E-state index contributed by atoms with van der Waals surface area (Å²) in [6.07, 6.45) is 2.80. The predicted molar refractivity (Wildman–Crippen MR) is 120 cm³/mol. The molecule has 1 aliphatic heterocycles. The van der Waals surface area contributed by atoms with Gasteiger partial charge in [0, 0.05) is 18.8 Å². The van der Waals surface area contributed by atoms with Crippen LogP contribution in [0, 0.1) is 0 Å². The summed E-state index contributed by atoms with van der Waals surface area (Å²) in [6.45, 7) is 2.78. The highest BCUT2D eigenvalue weighted by molar-refractivity contribution is 7.89. The molecule has 1 N–H and O–H groups in total. The minimum atomic E-state index is -3.75. The van der Waals surface area contributed by atoms with Gasteiger partial charge in [-0.1, -0.05) is 12.1 Å². The van der Waals surface area contributed by atoms with Gasteiger partial charge in [0.1, 0.15) is 17.2 Å². The van der Waals surface area contributed by atoms with E-state index >= 15 is 0 Å². The van der Waals surface area contributed by atoms with Crippen molar-refractivity contribution in [2.45, 2.75) is 31.2 Å². The molecule has 9 nitrogen and oxygen atoms in total. The number of ether oxygens (including phenoxy) is 1. The van der Waals surface area contributed by atoms with Crippen molar-refractivity contribution in [3.63, 3.8) is 0 Å². The van der Waals surface area contributed by atoms with E-state index in [4.69, 9.17) is 4.74 Å². The van der Waals surface area contributed by atoms with E-state index in [9.17, 15) is 18.0 Å². The van der Waals surface area contributed by atoms with E-state index in [1.807, 2.05) is 0 Å². The Hall–Kier alpha value is -3.24. The topological polar surface area (TPSA) is 111 Å². The second-order valence-electron chi connectivity index (χ2n) is 7.43. The van der Waals surface area contributed by atoms with E-state index in [-0.39, 0.29) is 17.2 Å². The normalized spacial score (nSPS) is 14.5. The number of nitrogens with one attached hydrogen (secondary N) is 1. The first-order valence-electron chi connectivity index (χ1n) is 10.4. The Morgan fingerprint density at radius 3 is 2.66 bits per heavy atom. The average Bonchev–Trinajstić information content (AvgIpc) is 3.33. The van der Waals surface area contributed by atoms with Crippen LogP contribution in [0.15, 0.2) is 58.4 Å². The zero-order valence-corrected chi connectivity index (χ0v) is 18.5. The number of carbonyl (C=O) groups excluding carboxylic acids is 1. The van der Waals surface area contributed by atoms with E-state index in [2.05, 4.69) is 10.3 Å². The lowest BCUT2D eigenvalue weighted by atomic mass is 10.3. The SMILES string of the molecule is CCOc1ccc(NC(=O)Cn2c(=O)cnc3ccccc32)cc1S(=O)(=O)N1CCCC1. The monoisotopic (exact) mass is 456 g/mol. The highest BCUT2D eigenvalue weighted by Gasteiger charge is 2.30. The number of amides is 1. The summed E-state index contributed by atoms with van der Waals surface area (Å²) in [5.41, 5.74) is 1.05. The summed E-state index contributed by atoms with van der Waals surface area (Å²) in [5, 5.41) is 2.70. The molecule has 0 bridgehead atoms. The van der Waals surface area contributed by atoms with Crippen molar-refractivity contribution >= 4 is 32.7 Å². The molecule has 2 aromatic carbocycles. The van der Waals surface area contributed by atoms with Crippen molar-refractivity contribution in [3.05, 3.63) is 59.0 Å². The molecule has 3 aromatic rings. The highest BCUT2D eigenvalue weighted by atomic mass is 32.2. The smallest absolute Gasteiger partial charge is 0.269 e. The maximum atomic E-state index is 13.1. The van der Waals surface area contributed by atoms with Crippen molar-refractivity contribution in [1.29, 1.82) is 0 Å². The van der Waals surface area contributed by atoms with Crippen molar-refractivity contribution in [1.82, 2.24) is 13.9 Å². The molecule has 32 heavy (non-hydrogen) atoms. The molecule has 2 heterocycles. The fraction of sp³-hybridized carbons (Fsp3) is 0.318. The molecule has 1 aromatic heterocycles. The highest BCUT2D eigenvalue weighted by Crippen LogP contribution is 2.31. The number of para-hydroxylation sites is 2. The summed E-state index contributed by atoms with van der Waals surface area (Å²) < 4.78 is 34.6. The van der Waals surface area contributed by atoms with Crippen LogP contribution < -0.4 is 15.6 Å². The second kappa shape index (κ2) is 9.09. The number of hydrogen-bond acceptors (Lipinski definition) is 6. The van der Waals surface area contributed by atoms with Gasteiger partial charge in [0.15, 0.2) is 0 Å². The molecule has 10 heteroatoms. The minimum absolute atomic E-state index is 0.0191. The zero-order valence-electron chi connectivity index (χ0n) is 17.7. The maximum absolute atomic E-state index is 13.1. The van der Waals surface area contributed by atoms with Crippen molar-refractivity contribution in [3.8, 4) is 5.75 Å². The minimum Gasteiger partial charge on any atom is -0.492 e. The molecule has 1 fully saturated rings. The lowest BCUT2D eigenvalue weighted by molar-refractivity contribution is -0.116. The summed E-state index contributed by atoms with van der Waals surface area (Å²) in [6, 6.07) is 11.6. The maximum Gasteiger partial charge on any atom is 0.269 e. The van der Waals surface area contributed by atoms with Crippen LogP contribution in [-0.4, -0.2) is 47.9 Å². The van der Waals surface area contributed by atoms with Gasteiger partial charge in [0.2, 0.25) is 15.9 Å². The molecule has 168 valence electrons. The molecular formula is C22H24N4O5S. The van der Waals surface area contributed by atoms with Crippen molar-refractivity contribution < 1.29 is 17.9 Å². The fourth-order valence-electron chi connectivity index (χ4n) is 3.75. The molecule has 0 spiro atoms. The lowest BCUT2D eigenvalue weighted by Crippen LogP contribution is -2.29. The molecule has 1 aliphatic rings. The van der Waals surface area contributed by atoms with E-state index in [0.717, 1.165) is 12.8 Å². The Labute approximate surface area is 185 Å². The van der Waals surface area contributed by atoms with Gasteiger partial charge < -0.3 is 10.1 Å². The molecule has 4 rings (SSSR count). The molecule has 0 unspecified atom stereocenters. The predicted octanol–water partition coefficient (Wildman–Crippen LogP) is 2.22. The molecule has 1 amide bonds. The third-order valence-corrected chi connectivity index (χ3v) is 7.18. The first-order chi connectivity index (χ1) is 15.4. The Morgan fingerprint density at radius 1 is 1.16 bits per heavy atom. The number of anilines is 1. The van der Waals surface area contributed by atoms with E-state index in [1.54, 1.807) is 37.3 Å². The number of fused-ring (bicyclic) bond motifs is 1. The largest absolute Gasteiger partial charge is 0.492 e. The quantitative estimate of drug-likeness (QED) is 0.584. The number of nitrogens with zero attached hydrogens (tertiary/aromatic N) is 3. The zero-order chi connectivity index (χ0) is 22.7. The van der Waals surface area contributed by atoms with Crippen LogP contribution in [-0.2, 0) is 21.4 Å². The van der Waals surface area contributed by atoms with Crippen LogP contribution in [0.4, 0.5) is 5.69 Å². The summed E-state index contributed by atoms with van der Waals surface area (Å²) in [7, 11) is -3.75. The third-order valence-electron chi connectivity index (χ3n) is 5.26. The van der Waals surface area contributed by atoms with Gasteiger partial charge in [-0.3, -0.25) is 14.2 Å². The summed E-state index contributed by atoms with van der Waals surface area (Å²) in [5.74, 6) is -0.217. The number of rotatable bonds is 7. The van der Waals surface area contributed by atoms with Crippen LogP contribution in [0.5, 0.6) is 5.75 Å². The van der Waals surface area contributed by atoms with E-state index in [0.29, 0.717) is 36.4 Å². The molecule has 0 atom stereocenters. The molecule has 0 radical (unpaired) electrons. The standard InChI is InChI=1S/C22H24N4O5S/c1-2-31-19-10-9-16(13-20(19)32(29,30)25-11-5-6-12-25)24-21(27)15-26-18-8-4-3-7-17(18)23-14-22(26)28/h3-4,7-10,13-14H,2,5-6,11-12,15H2,1H3,(H,24,27). The molecule has 0 saturated carbocycles. The number of benzene rings is 2. The first-order valence-corrected chi connectivity index (χ1v) is 11.9. The number of sulfonamides is 1. The number of aromatic nitrogens is 2. The average molecular weight is 457 g/mol. The Morgan fingerprint density at radius 2 is 1.91 bits per heavy atom. The van der Waals surface area contributed by atoms with Gasteiger partial charge >= 0.3 is 0 Å². The summed E-state index contributed by atoms with van der Waals surface area (Å²) >= 11 is 0. The Kier molecular flexibility index (Phi) is 6.24. The summed E-state index contributed by atoms with van der Waals surface area (Å²) in [4.78, 5) is 29.1. The van der Waals surface area contributed by atoms with Gasteiger partial charge in [-0.05, 0) is 50.1 Å². The van der Waals surface area contributed by atoms with Crippen LogP contribution >= 0.6 is 0 Å².